The van der Waals surface area contributed by atoms with Crippen molar-refractivity contribution in [1.29, 1.82) is 0 Å². The minimum Gasteiger partial charge on any atom is -0.635 e. The van der Waals surface area contributed by atoms with E-state index in [9.17, 15) is 9.59 Å². The summed E-state index contributed by atoms with van der Waals surface area (Å²) in [6, 6.07) is 0. The predicted molar refractivity (Wildman–Crippen MR) is 46.2 cm³/mol. The summed E-state index contributed by atoms with van der Waals surface area (Å²) < 4.78 is 9.54. The molecule has 15 heavy (non-hydrogen) atoms. The van der Waals surface area contributed by atoms with E-state index in [-0.39, 0.29) is 43.8 Å². The van der Waals surface area contributed by atoms with Crippen molar-refractivity contribution in [2.24, 2.45) is 0 Å². The van der Waals surface area contributed by atoms with Gasteiger partial charge in [0.1, 0.15) is 0 Å². The van der Waals surface area contributed by atoms with Gasteiger partial charge < -0.3 is 14.6 Å². The molecular formula is C9H13LiO5. The van der Waals surface area contributed by atoms with Crippen LogP contribution < -0.4 is 18.9 Å². The number of ether oxygens (including phenoxy) is 2. The Balaban J connectivity index is 0.00000196. The van der Waals surface area contributed by atoms with Gasteiger partial charge in [-0.2, -0.15) is 0 Å². The van der Waals surface area contributed by atoms with E-state index in [0.717, 1.165) is 0 Å². The molecule has 1 rings (SSSR count). The number of hydrogen-bond donors (Lipinski definition) is 1. The predicted octanol–water partition coefficient (Wildman–Crippen LogP) is -2.26. The molecule has 0 aromatic carbocycles. The number of epoxide rings is 1. The monoisotopic (exact) mass is 208 g/mol. The zero-order valence-corrected chi connectivity index (χ0v) is 8.77. The molecule has 0 radical (unpaired) electrons. The van der Waals surface area contributed by atoms with Crippen molar-refractivity contribution in [1.82, 2.24) is 0 Å². The Bertz CT molecular complexity index is 215. The molecule has 1 atom stereocenters. The van der Waals surface area contributed by atoms with E-state index in [0.29, 0.717) is 19.4 Å². The zero-order valence-electron chi connectivity index (χ0n) is 8.77. The normalized spacial score (nSPS) is 17.7. The second-order valence-electron chi connectivity index (χ2n) is 3.10. The van der Waals surface area contributed by atoms with E-state index in [1.54, 1.807) is 0 Å². The maximum atomic E-state index is 11.0. The van der Waals surface area contributed by atoms with Crippen molar-refractivity contribution >= 4 is 11.9 Å². The number of aliphatic carboxylic acids is 1. The van der Waals surface area contributed by atoms with Gasteiger partial charge in [0.15, 0.2) is 0 Å². The van der Waals surface area contributed by atoms with Gasteiger partial charge in [0.2, 0.25) is 0 Å². The summed E-state index contributed by atoms with van der Waals surface area (Å²) in [6.45, 7) is 1.99. The Kier molecular flexibility index (Phi) is 7.49. The van der Waals surface area contributed by atoms with Crippen LogP contribution in [0.25, 0.3) is 0 Å². The molecular weight excluding hydrogens is 195 g/mol. The fourth-order valence-electron chi connectivity index (χ4n) is 0.890. The van der Waals surface area contributed by atoms with Gasteiger partial charge in [0.25, 0.3) is 5.97 Å². The first-order chi connectivity index (χ1) is 6.68. The minimum atomic E-state index is -0.837. The molecule has 0 saturated carbocycles. The van der Waals surface area contributed by atoms with Crippen molar-refractivity contribution in [2.75, 3.05) is 6.61 Å². The van der Waals surface area contributed by atoms with Crippen molar-refractivity contribution in [2.45, 2.75) is 31.8 Å². The molecule has 0 bridgehead atoms. The fraction of sp³-hybridized carbons (Fsp3) is 0.667. The van der Waals surface area contributed by atoms with Crippen molar-refractivity contribution in [3.63, 3.8) is 0 Å². The Labute approximate surface area is 100 Å². The first-order valence-corrected chi connectivity index (χ1v) is 4.54. The van der Waals surface area contributed by atoms with Crippen molar-refractivity contribution in [3.05, 3.63) is 6.61 Å². The molecule has 1 saturated heterocycles. The number of carboxylic acid groups (broad SMARTS) is 1. The van der Waals surface area contributed by atoms with E-state index in [2.05, 4.69) is 0 Å². The van der Waals surface area contributed by atoms with Crippen LogP contribution in [0.2, 0.25) is 0 Å². The summed E-state index contributed by atoms with van der Waals surface area (Å²) in [5.41, 5.74) is 0. The molecule has 5 nitrogen and oxygen atoms in total. The maximum absolute atomic E-state index is 11.0. The Hall–Kier alpha value is -0.503. The number of rotatable bonds is 7. The molecule has 80 valence electrons. The summed E-state index contributed by atoms with van der Waals surface area (Å²) in [4.78, 5) is 21.1. The van der Waals surface area contributed by atoms with Crippen molar-refractivity contribution in [3.8, 4) is 0 Å². The van der Waals surface area contributed by atoms with E-state index in [1.165, 1.54) is 6.61 Å². The number of carboxylic acids is 1. The van der Waals surface area contributed by atoms with E-state index in [4.69, 9.17) is 14.6 Å². The van der Waals surface area contributed by atoms with Crippen LogP contribution in [-0.2, 0) is 19.1 Å². The van der Waals surface area contributed by atoms with Crippen molar-refractivity contribution < 1.29 is 43.0 Å². The van der Waals surface area contributed by atoms with Crippen LogP contribution in [0.5, 0.6) is 0 Å². The third-order valence-electron chi connectivity index (χ3n) is 1.73. The summed E-state index contributed by atoms with van der Waals surface area (Å²) in [5.74, 6) is -1.16. The molecule has 1 aliphatic heterocycles. The van der Waals surface area contributed by atoms with Gasteiger partial charge in [-0.1, -0.05) is 0 Å². The molecule has 0 amide bonds. The first kappa shape index (κ1) is 14.5. The fourth-order valence-corrected chi connectivity index (χ4v) is 0.890. The summed E-state index contributed by atoms with van der Waals surface area (Å²) in [7, 11) is 0. The van der Waals surface area contributed by atoms with Gasteiger partial charge in [-0.15, -0.1) is 6.61 Å². The van der Waals surface area contributed by atoms with E-state index < -0.39 is 5.97 Å². The molecule has 1 aliphatic rings. The molecule has 0 aromatic rings. The second-order valence-corrected chi connectivity index (χ2v) is 3.10. The average molecular weight is 208 g/mol. The largest absolute Gasteiger partial charge is 1.00 e. The number of carbonyl (C=O) groups excluding carboxylic acids is 1. The topological polar surface area (TPSA) is 76.1 Å². The molecule has 1 unspecified atom stereocenters. The van der Waals surface area contributed by atoms with Crippen LogP contribution in [-0.4, -0.2) is 29.8 Å². The minimum absolute atomic E-state index is 0. The van der Waals surface area contributed by atoms with Gasteiger partial charge in [-0.05, 0) is 18.9 Å². The SMILES string of the molecule is O=C(O)CCCCC(=O)O[CH-]C1CO1.[Li+]. The zero-order chi connectivity index (χ0) is 10.4. The standard InChI is InChI=1S/C9H13O5.Li/c10-8(11)3-1-2-4-9(12)14-6-7-5-13-7;/h6-7H,1-5H2,(H,10,11);/q-1;+1. The van der Waals surface area contributed by atoms with E-state index in [1.807, 2.05) is 0 Å². The number of unbranched alkanes of at least 4 members (excludes halogenated alkanes) is 1. The molecule has 0 spiro atoms. The van der Waals surface area contributed by atoms with Gasteiger partial charge in [-0.25, -0.2) is 0 Å². The summed E-state index contributed by atoms with van der Waals surface area (Å²) in [6.07, 6.45) is 1.38. The Morgan fingerprint density at radius 2 is 2.00 bits per heavy atom. The summed E-state index contributed by atoms with van der Waals surface area (Å²) >= 11 is 0. The van der Waals surface area contributed by atoms with Crippen LogP contribution in [0.1, 0.15) is 25.7 Å². The van der Waals surface area contributed by atoms with Crippen LogP contribution in [0, 0.1) is 6.61 Å². The van der Waals surface area contributed by atoms with E-state index >= 15 is 0 Å². The van der Waals surface area contributed by atoms with Crippen LogP contribution >= 0.6 is 0 Å². The number of carbonyl (C=O) groups is 2. The first-order valence-electron chi connectivity index (χ1n) is 4.54. The van der Waals surface area contributed by atoms with Gasteiger partial charge in [0.05, 0.1) is 0 Å². The number of esters is 1. The third-order valence-corrected chi connectivity index (χ3v) is 1.73. The third kappa shape index (κ3) is 8.49. The molecule has 1 N–H and O–H groups in total. The smallest absolute Gasteiger partial charge is 0.635 e. The Morgan fingerprint density at radius 3 is 2.53 bits per heavy atom. The van der Waals surface area contributed by atoms with Gasteiger partial charge in [-0.3, -0.25) is 9.59 Å². The molecule has 1 fully saturated rings. The second kappa shape index (κ2) is 7.75. The van der Waals surface area contributed by atoms with Gasteiger partial charge in [0, 0.05) is 19.4 Å². The van der Waals surface area contributed by atoms with Crippen LogP contribution in [0.4, 0.5) is 0 Å². The number of hydrogen-bond acceptors (Lipinski definition) is 4. The van der Waals surface area contributed by atoms with Crippen LogP contribution in [0.3, 0.4) is 0 Å². The quantitative estimate of drug-likeness (QED) is 0.168. The van der Waals surface area contributed by atoms with Gasteiger partial charge >= 0.3 is 24.8 Å². The Morgan fingerprint density at radius 1 is 1.40 bits per heavy atom. The van der Waals surface area contributed by atoms with Crippen LogP contribution in [0.15, 0.2) is 0 Å². The molecule has 0 aromatic heterocycles. The molecule has 1 heterocycles. The average Bonchev–Trinajstić information content (AvgIpc) is 2.92. The molecule has 0 aliphatic carbocycles. The maximum Gasteiger partial charge on any atom is 1.00 e. The molecule has 6 heteroatoms. The summed E-state index contributed by atoms with van der Waals surface area (Å²) in [5, 5.41) is 8.32.